The van der Waals surface area contributed by atoms with Crippen LogP contribution in [0.1, 0.15) is 0 Å². The fraction of sp³-hybridized carbons (Fsp3) is 0. The van der Waals surface area contributed by atoms with Crippen LogP contribution in [-0.4, -0.2) is 18.0 Å². The number of nitrogens with zero attached hydrogens (tertiary/aromatic N) is 2. The zero-order chi connectivity index (χ0) is 11.6. The van der Waals surface area contributed by atoms with E-state index in [9.17, 15) is 8.42 Å². The van der Waals surface area contributed by atoms with E-state index < -0.39 is 10.3 Å². The van der Waals surface area contributed by atoms with E-state index in [0.29, 0.717) is 0 Å². The summed E-state index contributed by atoms with van der Waals surface area (Å²) in [6.07, 6.45) is 4.94. The van der Waals surface area contributed by atoms with E-state index >= 15 is 0 Å². The molecular weight excluding hydrogens is 266 g/mol. The molecular formula is C9H10ClN3O3S. The van der Waals surface area contributed by atoms with Gasteiger partial charge in [0.05, 0.1) is 12.0 Å². The van der Waals surface area contributed by atoms with E-state index in [1.165, 1.54) is 6.07 Å². The molecule has 1 aromatic carbocycles. The summed E-state index contributed by atoms with van der Waals surface area (Å²) in [7, 11) is -3.99. The fourth-order valence-electron chi connectivity index (χ4n) is 1.24. The number of halogens is 1. The van der Waals surface area contributed by atoms with Crippen molar-refractivity contribution in [2.45, 2.75) is 0 Å². The minimum atomic E-state index is -3.99. The van der Waals surface area contributed by atoms with Crippen LogP contribution < -0.4 is 9.32 Å². The van der Waals surface area contributed by atoms with Crippen LogP contribution in [0.25, 0.3) is 5.69 Å². The van der Waals surface area contributed by atoms with E-state index in [1.54, 1.807) is 41.5 Å². The van der Waals surface area contributed by atoms with Gasteiger partial charge in [-0.1, -0.05) is 6.07 Å². The molecule has 0 fully saturated rings. The van der Waals surface area contributed by atoms with Crippen molar-refractivity contribution in [3.63, 3.8) is 0 Å². The predicted molar refractivity (Wildman–Crippen MR) is 64.5 cm³/mol. The average Bonchev–Trinajstić information content (AvgIpc) is 2.68. The normalized spacial score (nSPS) is 10.6. The summed E-state index contributed by atoms with van der Waals surface area (Å²) in [5, 5.41) is 4.77. The molecule has 1 heterocycles. The maximum absolute atomic E-state index is 10.7. The van der Waals surface area contributed by atoms with Crippen LogP contribution in [0.2, 0.25) is 0 Å². The number of rotatable bonds is 3. The molecule has 2 aromatic rings. The quantitative estimate of drug-likeness (QED) is 0.901. The third kappa shape index (κ3) is 3.74. The smallest absolute Gasteiger partial charge is 0.371 e. The summed E-state index contributed by atoms with van der Waals surface area (Å²) in [5.41, 5.74) is 0.735. The number of hydrogen-bond acceptors (Lipinski definition) is 4. The number of imidazole rings is 1. The molecule has 0 radical (unpaired) electrons. The molecule has 2 N–H and O–H groups in total. The Morgan fingerprint density at radius 3 is 2.71 bits per heavy atom. The van der Waals surface area contributed by atoms with Crippen LogP contribution in [0, 0.1) is 0 Å². The summed E-state index contributed by atoms with van der Waals surface area (Å²) in [6.45, 7) is 0. The Bertz CT molecular complexity index is 583. The first kappa shape index (κ1) is 13.5. The second-order valence-corrected chi connectivity index (χ2v) is 4.20. The molecule has 1 aromatic heterocycles. The molecule has 0 aliphatic rings. The van der Waals surface area contributed by atoms with Crippen molar-refractivity contribution in [2.75, 3.05) is 0 Å². The maximum Gasteiger partial charge on any atom is 0.380 e. The third-order valence-electron chi connectivity index (χ3n) is 1.83. The first-order chi connectivity index (χ1) is 7.54. The molecule has 0 spiro atoms. The Hall–Kier alpha value is -1.57. The Balaban J connectivity index is 0.00000144. The molecule has 6 nitrogen and oxygen atoms in total. The highest BCUT2D eigenvalue weighted by atomic mass is 35.5. The Labute approximate surface area is 105 Å². The van der Waals surface area contributed by atoms with Crippen LogP contribution in [0.3, 0.4) is 0 Å². The van der Waals surface area contributed by atoms with Crippen molar-refractivity contribution in [1.82, 2.24) is 9.55 Å². The SMILES string of the molecule is Cl.NS(=O)(=O)Oc1cccc(-n2ccnc2)c1. The Kier molecular flexibility index (Phi) is 4.11. The minimum absolute atomic E-state index is 0. The van der Waals surface area contributed by atoms with Gasteiger partial charge in [-0.05, 0) is 12.1 Å². The minimum Gasteiger partial charge on any atom is -0.371 e. The van der Waals surface area contributed by atoms with Crippen LogP contribution in [0.15, 0.2) is 43.0 Å². The van der Waals surface area contributed by atoms with Crippen molar-refractivity contribution in [2.24, 2.45) is 5.14 Å². The molecule has 8 heteroatoms. The second-order valence-electron chi connectivity index (χ2n) is 3.04. The highest BCUT2D eigenvalue weighted by Gasteiger charge is 2.05. The zero-order valence-electron chi connectivity index (χ0n) is 8.55. The highest BCUT2D eigenvalue weighted by molar-refractivity contribution is 7.84. The van der Waals surface area contributed by atoms with Crippen molar-refractivity contribution in [1.29, 1.82) is 0 Å². The summed E-state index contributed by atoms with van der Waals surface area (Å²) < 4.78 is 27.7. The van der Waals surface area contributed by atoms with Crippen molar-refractivity contribution in [3.05, 3.63) is 43.0 Å². The first-order valence-electron chi connectivity index (χ1n) is 4.35. The molecule has 0 atom stereocenters. The second kappa shape index (κ2) is 5.17. The summed E-state index contributed by atoms with van der Waals surface area (Å²) in [5.74, 6) is 0.161. The fourth-order valence-corrected chi connectivity index (χ4v) is 1.61. The highest BCUT2D eigenvalue weighted by Crippen LogP contribution is 2.17. The largest absolute Gasteiger partial charge is 0.380 e. The summed E-state index contributed by atoms with van der Waals surface area (Å²) in [4.78, 5) is 3.88. The van der Waals surface area contributed by atoms with Gasteiger partial charge in [-0.3, -0.25) is 0 Å². The molecule has 0 aliphatic carbocycles. The molecule has 17 heavy (non-hydrogen) atoms. The topological polar surface area (TPSA) is 87.2 Å². The van der Waals surface area contributed by atoms with E-state index in [4.69, 9.17) is 5.14 Å². The number of aromatic nitrogens is 2. The number of nitrogens with two attached hydrogens (primary N) is 1. The van der Waals surface area contributed by atoms with Gasteiger partial charge in [0.1, 0.15) is 5.75 Å². The predicted octanol–water partition coefficient (Wildman–Crippen LogP) is 0.876. The van der Waals surface area contributed by atoms with Crippen LogP contribution in [0.5, 0.6) is 5.75 Å². The summed E-state index contributed by atoms with van der Waals surface area (Å²) in [6, 6.07) is 6.50. The van der Waals surface area contributed by atoms with E-state index in [2.05, 4.69) is 9.17 Å². The lowest BCUT2D eigenvalue weighted by atomic mass is 10.3. The van der Waals surface area contributed by atoms with Gasteiger partial charge in [-0.2, -0.15) is 13.6 Å². The van der Waals surface area contributed by atoms with Gasteiger partial charge in [0, 0.05) is 18.5 Å². The molecule has 0 amide bonds. The van der Waals surface area contributed by atoms with Crippen LogP contribution in [0.4, 0.5) is 0 Å². The van der Waals surface area contributed by atoms with E-state index in [-0.39, 0.29) is 18.2 Å². The maximum atomic E-state index is 10.7. The van der Waals surface area contributed by atoms with Crippen LogP contribution >= 0.6 is 12.4 Å². The molecule has 2 rings (SSSR count). The lowest BCUT2D eigenvalue weighted by Gasteiger charge is -2.05. The Morgan fingerprint density at radius 1 is 1.35 bits per heavy atom. The van der Waals surface area contributed by atoms with Gasteiger partial charge in [0.25, 0.3) is 0 Å². The van der Waals surface area contributed by atoms with Gasteiger partial charge >= 0.3 is 10.3 Å². The summed E-state index contributed by atoms with van der Waals surface area (Å²) >= 11 is 0. The average molecular weight is 276 g/mol. The van der Waals surface area contributed by atoms with E-state index in [0.717, 1.165) is 5.69 Å². The lowest BCUT2D eigenvalue weighted by molar-refractivity contribution is 0.487. The molecule has 0 unspecified atom stereocenters. The van der Waals surface area contributed by atoms with Crippen LogP contribution in [-0.2, 0) is 10.3 Å². The number of hydrogen-bond donors (Lipinski definition) is 1. The molecule has 0 aliphatic heterocycles. The lowest BCUT2D eigenvalue weighted by Crippen LogP contribution is -2.18. The molecule has 0 saturated heterocycles. The van der Waals surface area contributed by atoms with Gasteiger partial charge < -0.3 is 8.75 Å². The standard InChI is InChI=1S/C9H9N3O3S.ClH/c10-16(13,14)15-9-3-1-2-8(6-9)12-5-4-11-7-12;/h1-7H,(H2,10,13,14);1H. The van der Waals surface area contributed by atoms with Crippen molar-refractivity contribution < 1.29 is 12.6 Å². The third-order valence-corrected chi connectivity index (χ3v) is 2.26. The monoisotopic (exact) mass is 275 g/mol. The van der Waals surface area contributed by atoms with Gasteiger partial charge in [-0.15, -0.1) is 12.4 Å². The van der Waals surface area contributed by atoms with E-state index in [1.807, 2.05) is 0 Å². The Morgan fingerprint density at radius 2 is 2.12 bits per heavy atom. The number of benzene rings is 1. The van der Waals surface area contributed by atoms with Gasteiger partial charge in [-0.25, -0.2) is 4.98 Å². The first-order valence-corrected chi connectivity index (χ1v) is 5.82. The zero-order valence-corrected chi connectivity index (χ0v) is 10.2. The van der Waals surface area contributed by atoms with Crippen molar-refractivity contribution in [3.8, 4) is 11.4 Å². The van der Waals surface area contributed by atoms with Gasteiger partial charge in [0.15, 0.2) is 0 Å². The molecule has 0 saturated carbocycles. The molecule has 92 valence electrons. The molecule has 0 bridgehead atoms. The van der Waals surface area contributed by atoms with Gasteiger partial charge in [0.2, 0.25) is 0 Å². The van der Waals surface area contributed by atoms with Crippen molar-refractivity contribution >= 4 is 22.7 Å².